The Morgan fingerprint density at radius 3 is 2.60 bits per heavy atom. The van der Waals surface area contributed by atoms with E-state index in [1.807, 2.05) is 13.8 Å². The molecule has 0 saturated carbocycles. The van der Waals surface area contributed by atoms with Gasteiger partial charge in [0.1, 0.15) is 11.6 Å². The average Bonchev–Trinajstić information content (AvgIpc) is 2.37. The third kappa shape index (κ3) is 3.11. The summed E-state index contributed by atoms with van der Waals surface area (Å²) in [5, 5.41) is 0. The Kier molecular flexibility index (Phi) is 3.97. The van der Waals surface area contributed by atoms with Crippen LogP contribution in [0.25, 0.3) is 11.4 Å². The third-order valence-corrected chi connectivity index (χ3v) is 2.38. The number of halogens is 1. The molecule has 0 saturated heterocycles. The Hall–Kier alpha value is -2.44. The first-order chi connectivity index (χ1) is 9.49. The molecule has 0 spiro atoms. The Balaban J connectivity index is 2.51. The smallest absolute Gasteiger partial charge is 0.322 e. The number of nitrogens with zero attached hydrogens (tertiary/aromatic N) is 3. The zero-order valence-electron chi connectivity index (χ0n) is 11.4. The van der Waals surface area contributed by atoms with Crippen molar-refractivity contribution in [3.63, 3.8) is 0 Å². The molecule has 0 bridgehead atoms. The highest BCUT2D eigenvalue weighted by atomic mass is 19.1. The van der Waals surface area contributed by atoms with Crippen LogP contribution in [0.2, 0.25) is 0 Å². The number of benzene rings is 1. The Labute approximate surface area is 115 Å². The average molecular weight is 278 g/mol. The van der Waals surface area contributed by atoms with Crippen molar-refractivity contribution in [2.45, 2.75) is 20.0 Å². The third-order valence-electron chi connectivity index (χ3n) is 2.38. The predicted octanol–water partition coefficient (Wildman–Crippen LogP) is 2.06. The monoisotopic (exact) mass is 278 g/mol. The van der Waals surface area contributed by atoms with Gasteiger partial charge in [-0.3, -0.25) is 0 Å². The lowest BCUT2D eigenvalue weighted by molar-refractivity contribution is 0.222. The summed E-state index contributed by atoms with van der Waals surface area (Å²) in [6.45, 7) is 3.67. The molecule has 2 rings (SSSR count). The highest BCUT2D eigenvalue weighted by Crippen LogP contribution is 2.29. The van der Waals surface area contributed by atoms with Crippen LogP contribution in [0.1, 0.15) is 13.8 Å². The lowest BCUT2D eigenvalue weighted by Gasteiger charge is -2.11. The molecule has 20 heavy (non-hydrogen) atoms. The van der Waals surface area contributed by atoms with Crippen LogP contribution in [-0.4, -0.2) is 28.2 Å². The van der Waals surface area contributed by atoms with Crippen molar-refractivity contribution in [3.8, 4) is 23.1 Å². The molecular formula is C13H15FN4O2. The van der Waals surface area contributed by atoms with Gasteiger partial charge >= 0.3 is 6.01 Å². The zero-order valence-corrected chi connectivity index (χ0v) is 11.4. The SMILES string of the molecule is COc1ccc(F)cc1-c1nc(N)nc(OC(C)C)n1. The van der Waals surface area contributed by atoms with Crippen LogP contribution in [0.15, 0.2) is 18.2 Å². The maximum atomic E-state index is 13.4. The Bertz CT molecular complexity index is 619. The lowest BCUT2D eigenvalue weighted by atomic mass is 10.2. The molecule has 7 heteroatoms. The van der Waals surface area contributed by atoms with Crippen molar-refractivity contribution in [1.82, 2.24) is 15.0 Å². The van der Waals surface area contributed by atoms with Crippen molar-refractivity contribution in [3.05, 3.63) is 24.0 Å². The van der Waals surface area contributed by atoms with Crippen LogP contribution in [0.4, 0.5) is 10.3 Å². The van der Waals surface area contributed by atoms with Crippen molar-refractivity contribution >= 4 is 5.95 Å². The molecule has 6 nitrogen and oxygen atoms in total. The summed E-state index contributed by atoms with van der Waals surface area (Å²) in [5.41, 5.74) is 6.01. The van der Waals surface area contributed by atoms with E-state index in [2.05, 4.69) is 15.0 Å². The first kappa shape index (κ1) is 14.0. The molecule has 0 unspecified atom stereocenters. The van der Waals surface area contributed by atoms with Gasteiger partial charge in [0.15, 0.2) is 5.82 Å². The van der Waals surface area contributed by atoms with E-state index in [4.69, 9.17) is 15.2 Å². The number of aromatic nitrogens is 3. The second-order valence-corrected chi connectivity index (χ2v) is 4.31. The summed E-state index contributed by atoms with van der Waals surface area (Å²) in [5.74, 6) is 0.208. The van der Waals surface area contributed by atoms with Gasteiger partial charge in [-0.25, -0.2) is 4.39 Å². The highest BCUT2D eigenvalue weighted by molar-refractivity contribution is 5.64. The molecule has 0 radical (unpaired) electrons. The van der Waals surface area contributed by atoms with Gasteiger partial charge in [0, 0.05) is 0 Å². The first-order valence-corrected chi connectivity index (χ1v) is 6.01. The normalized spacial score (nSPS) is 10.7. The fourth-order valence-electron chi connectivity index (χ4n) is 1.61. The van der Waals surface area contributed by atoms with E-state index in [1.54, 1.807) is 0 Å². The van der Waals surface area contributed by atoms with Gasteiger partial charge in [0.05, 0.1) is 18.8 Å². The summed E-state index contributed by atoms with van der Waals surface area (Å²) in [6.07, 6.45) is -0.112. The van der Waals surface area contributed by atoms with E-state index in [0.717, 1.165) is 0 Å². The van der Waals surface area contributed by atoms with E-state index in [0.29, 0.717) is 11.3 Å². The molecule has 0 amide bonds. The van der Waals surface area contributed by atoms with E-state index in [9.17, 15) is 4.39 Å². The van der Waals surface area contributed by atoms with Crippen molar-refractivity contribution in [1.29, 1.82) is 0 Å². The van der Waals surface area contributed by atoms with Crippen LogP contribution in [0.3, 0.4) is 0 Å². The van der Waals surface area contributed by atoms with Crippen LogP contribution in [0.5, 0.6) is 11.8 Å². The first-order valence-electron chi connectivity index (χ1n) is 6.01. The predicted molar refractivity (Wildman–Crippen MR) is 71.9 cm³/mol. The van der Waals surface area contributed by atoms with E-state index in [1.165, 1.54) is 25.3 Å². The number of methoxy groups -OCH3 is 1. The molecule has 0 aliphatic rings. The number of nitrogen functional groups attached to an aromatic ring is 1. The topological polar surface area (TPSA) is 83.2 Å². The van der Waals surface area contributed by atoms with Gasteiger partial charge in [-0.2, -0.15) is 15.0 Å². The van der Waals surface area contributed by atoms with Crippen molar-refractivity contribution < 1.29 is 13.9 Å². The van der Waals surface area contributed by atoms with E-state index < -0.39 is 5.82 Å². The number of rotatable bonds is 4. The lowest BCUT2D eigenvalue weighted by Crippen LogP contribution is -2.11. The zero-order chi connectivity index (χ0) is 14.7. The molecule has 106 valence electrons. The number of nitrogens with two attached hydrogens (primary N) is 1. The van der Waals surface area contributed by atoms with Gasteiger partial charge in [-0.05, 0) is 32.0 Å². The van der Waals surface area contributed by atoms with Gasteiger partial charge in [-0.15, -0.1) is 0 Å². The molecule has 2 aromatic rings. The Morgan fingerprint density at radius 2 is 1.95 bits per heavy atom. The quantitative estimate of drug-likeness (QED) is 0.921. The maximum absolute atomic E-state index is 13.4. The molecule has 2 N–H and O–H groups in total. The van der Waals surface area contributed by atoms with Crippen molar-refractivity contribution in [2.75, 3.05) is 12.8 Å². The Morgan fingerprint density at radius 1 is 1.20 bits per heavy atom. The van der Waals surface area contributed by atoms with Gasteiger partial charge < -0.3 is 15.2 Å². The summed E-state index contributed by atoms with van der Waals surface area (Å²) >= 11 is 0. The molecule has 0 aliphatic heterocycles. The summed E-state index contributed by atoms with van der Waals surface area (Å²) in [6, 6.07) is 4.15. The van der Waals surface area contributed by atoms with E-state index >= 15 is 0 Å². The maximum Gasteiger partial charge on any atom is 0.322 e. The minimum atomic E-state index is -0.425. The number of hydrogen-bond acceptors (Lipinski definition) is 6. The summed E-state index contributed by atoms with van der Waals surface area (Å²) in [4.78, 5) is 12.0. The van der Waals surface area contributed by atoms with Crippen LogP contribution < -0.4 is 15.2 Å². The molecule has 0 aliphatic carbocycles. The highest BCUT2D eigenvalue weighted by Gasteiger charge is 2.14. The number of hydrogen-bond donors (Lipinski definition) is 1. The standard InChI is InChI=1S/C13H15FN4O2/c1-7(2)20-13-17-11(16-12(15)18-13)9-6-8(14)4-5-10(9)19-3/h4-7H,1-3H3,(H2,15,16,17,18). The fraction of sp³-hybridized carbons (Fsp3) is 0.308. The van der Waals surface area contributed by atoms with Crippen LogP contribution >= 0.6 is 0 Å². The molecule has 1 aromatic carbocycles. The van der Waals surface area contributed by atoms with Gasteiger partial charge in [-0.1, -0.05) is 0 Å². The van der Waals surface area contributed by atoms with E-state index in [-0.39, 0.29) is 23.9 Å². The molecule has 0 atom stereocenters. The van der Waals surface area contributed by atoms with Crippen molar-refractivity contribution in [2.24, 2.45) is 0 Å². The summed E-state index contributed by atoms with van der Waals surface area (Å²) < 4.78 is 23.9. The largest absolute Gasteiger partial charge is 0.496 e. The molecular weight excluding hydrogens is 263 g/mol. The molecule has 0 fully saturated rings. The fourth-order valence-corrected chi connectivity index (χ4v) is 1.61. The van der Waals surface area contributed by atoms with Gasteiger partial charge in [0.25, 0.3) is 0 Å². The minimum Gasteiger partial charge on any atom is -0.496 e. The van der Waals surface area contributed by atoms with Crippen LogP contribution in [0, 0.1) is 5.82 Å². The molecule has 1 heterocycles. The molecule has 1 aromatic heterocycles. The van der Waals surface area contributed by atoms with Crippen LogP contribution in [-0.2, 0) is 0 Å². The minimum absolute atomic E-state index is 0.00281. The number of anilines is 1. The summed E-state index contributed by atoms with van der Waals surface area (Å²) in [7, 11) is 1.48. The second-order valence-electron chi connectivity index (χ2n) is 4.31. The second kappa shape index (κ2) is 5.68. The van der Waals surface area contributed by atoms with Gasteiger partial charge in [0.2, 0.25) is 5.95 Å². The number of ether oxygens (including phenoxy) is 2.